The van der Waals surface area contributed by atoms with E-state index in [0.29, 0.717) is 18.4 Å². The minimum atomic E-state index is 0.101. The summed E-state index contributed by atoms with van der Waals surface area (Å²) in [7, 11) is 0. The largest absolute Gasteiger partial charge is 0.377 e. The van der Waals surface area contributed by atoms with Crippen molar-refractivity contribution >= 4 is 11.6 Å². The first-order chi connectivity index (χ1) is 12.6. The summed E-state index contributed by atoms with van der Waals surface area (Å²) >= 11 is 0. The quantitative estimate of drug-likeness (QED) is 0.813. The molecule has 0 aliphatic carbocycles. The number of hydrogen-bond acceptors (Lipinski definition) is 4. The average Bonchev–Trinajstić information content (AvgIpc) is 3.15. The smallest absolute Gasteiger partial charge is 0.225 e. The van der Waals surface area contributed by atoms with Crippen LogP contribution in [0.5, 0.6) is 0 Å². The molecule has 1 unspecified atom stereocenters. The number of carbonyl (C=O) groups is 1. The lowest BCUT2D eigenvalue weighted by molar-refractivity contribution is -0.116. The third kappa shape index (κ3) is 5.79. The van der Waals surface area contributed by atoms with Gasteiger partial charge in [-0.05, 0) is 36.5 Å². The molecular weight excluding hydrogens is 326 g/mol. The Morgan fingerprint density at radius 2 is 1.85 bits per heavy atom. The van der Waals surface area contributed by atoms with Gasteiger partial charge in [-0.15, -0.1) is 0 Å². The van der Waals surface area contributed by atoms with Gasteiger partial charge in [0.15, 0.2) is 0 Å². The van der Waals surface area contributed by atoms with Crippen LogP contribution >= 0.6 is 0 Å². The molecule has 26 heavy (non-hydrogen) atoms. The van der Waals surface area contributed by atoms with Crippen molar-refractivity contribution < 1.29 is 9.53 Å². The van der Waals surface area contributed by atoms with Gasteiger partial charge >= 0.3 is 0 Å². The molecule has 0 spiro atoms. The molecule has 5 nitrogen and oxygen atoms in total. The minimum absolute atomic E-state index is 0.101. The Morgan fingerprint density at radius 3 is 2.46 bits per heavy atom. The van der Waals surface area contributed by atoms with Crippen molar-refractivity contribution in [1.29, 1.82) is 0 Å². The highest BCUT2D eigenvalue weighted by Crippen LogP contribution is 2.17. The summed E-state index contributed by atoms with van der Waals surface area (Å²) in [6.07, 6.45) is 3.41. The lowest BCUT2D eigenvalue weighted by Crippen LogP contribution is -2.48. The van der Waals surface area contributed by atoms with E-state index in [1.54, 1.807) is 0 Å². The molecule has 1 aromatic carbocycles. The van der Waals surface area contributed by atoms with Gasteiger partial charge < -0.3 is 15.0 Å². The molecule has 1 N–H and O–H groups in total. The van der Waals surface area contributed by atoms with Crippen LogP contribution in [0.4, 0.5) is 5.69 Å². The molecule has 2 saturated heterocycles. The summed E-state index contributed by atoms with van der Waals surface area (Å²) in [5.41, 5.74) is 2.18. The summed E-state index contributed by atoms with van der Waals surface area (Å²) in [4.78, 5) is 17.1. The number of amides is 1. The van der Waals surface area contributed by atoms with Crippen LogP contribution in [0.1, 0.15) is 44.6 Å². The number of benzene rings is 1. The van der Waals surface area contributed by atoms with E-state index in [0.717, 1.165) is 51.6 Å². The maximum Gasteiger partial charge on any atom is 0.225 e. The third-order valence-corrected chi connectivity index (χ3v) is 5.47. The van der Waals surface area contributed by atoms with Crippen LogP contribution in [0, 0.1) is 0 Å². The molecule has 0 saturated carbocycles. The second-order valence-corrected chi connectivity index (χ2v) is 7.85. The number of anilines is 1. The van der Waals surface area contributed by atoms with Crippen LogP contribution in [0.3, 0.4) is 0 Å². The van der Waals surface area contributed by atoms with Crippen LogP contribution in [0.2, 0.25) is 0 Å². The zero-order chi connectivity index (χ0) is 18.4. The summed E-state index contributed by atoms with van der Waals surface area (Å²) < 4.78 is 5.73. The lowest BCUT2D eigenvalue weighted by Gasteiger charge is -2.35. The molecule has 2 aliphatic heterocycles. The first kappa shape index (κ1) is 19.3. The summed E-state index contributed by atoms with van der Waals surface area (Å²) in [6.45, 7) is 11.4. The highest BCUT2D eigenvalue weighted by molar-refractivity contribution is 5.90. The summed E-state index contributed by atoms with van der Waals surface area (Å²) in [6, 6.07) is 8.18. The number of hydrogen-bond donors (Lipinski definition) is 1. The van der Waals surface area contributed by atoms with Crippen LogP contribution in [-0.2, 0) is 9.53 Å². The fraction of sp³-hybridized carbons (Fsp3) is 0.667. The monoisotopic (exact) mass is 359 g/mol. The molecule has 144 valence electrons. The Bertz CT molecular complexity index is 559. The number of carbonyl (C=O) groups excluding carboxylic acids is 1. The van der Waals surface area contributed by atoms with Gasteiger partial charge in [-0.2, -0.15) is 0 Å². The van der Waals surface area contributed by atoms with Gasteiger partial charge in [0, 0.05) is 58.0 Å². The highest BCUT2D eigenvalue weighted by atomic mass is 16.5. The van der Waals surface area contributed by atoms with E-state index >= 15 is 0 Å². The van der Waals surface area contributed by atoms with Gasteiger partial charge in [0.2, 0.25) is 5.91 Å². The molecule has 2 fully saturated rings. The van der Waals surface area contributed by atoms with Gasteiger partial charge in [0.05, 0.1) is 6.10 Å². The van der Waals surface area contributed by atoms with Gasteiger partial charge in [0.1, 0.15) is 0 Å². The Hall–Kier alpha value is -1.43. The lowest BCUT2D eigenvalue weighted by atomic mass is 10.0. The fourth-order valence-corrected chi connectivity index (χ4v) is 3.71. The predicted molar refractivity (Wildman–Crippen MR) is 106 cm³/mol. The van der Waals surface area contributed by atoms with Gasteiger partial charge in [0.25, 0.3) is 0 Å². The number of nitrogens with one attached hydrogen (secondary N) is 1. The van der Waals surface area contributed by atoms with E-state index < -0.39 is 0 Å². The van der Waals surface area contributed by atoms with E-state index in [4.69, 9.17) is 4.74 Å². The molecule has 0 bridgehead atoms. The number of ether oxygens (including phenoxy) is 1. The molecule has 0 radical (unpaired) electrons. The fourth-order valence-electron chi connectivity index (χ4n) is 3.71. The van der Waals surface area contributed by atoms with Crippen molar-refractivity contribution in [3.8, 4) is 0 Å². The van der Waals surface area contributed by atoms with Crippen molar-refractivity contribution in [2.45, 2.75) is 45.1 Å². The van der Waals surface area contributed by atoms with E-state index in [1.165, 1.54) is 18.4 Å². The van der Waals surface area contributed by atoms with Crippen LogP contribution in [0.25, 0.3) is 0 Å². The Morgan fingerprint density at radius 1 is 1.15 bits per heavy atom. The van der Waals surface area contributed by atoms with E-state index in [2.05, 4.69) is 41.1 Å². The SMILES string of the molecule is CC(C)c1ccc(NC(=O)CCN2CCN(CC3CCCO3)CC2)cc1. The van der Waals surface area contributed by atoms with Crippen LogP contribution in [-0.4, -0.2) is 67.7 Å². The van der Waals surface area contributed by atoms with Crippen molar-refractivity contribution in [1.82, 2.24) is 9.80 Å². The molecule has 0 aromatic heterocycles. The average molecular weight is 360 g/mol. The molecule has 2 heterocycles. The minimum Gasteiger partial charge on any atom is -0.377 e. The van der Waals surface area contributed by atoms with E-state index in [9.17, 15) is 4.79 Å². The standard InChI is InChI=1S/C21H33N3O2/c1-17(2)18-5-7-19(8-6-18)22-21(25)9-10-23-11-13-24(14-12-23)16-20-4-3-15-26-20/h5-8,17,20H,3-4,9-16H2,1-2H3,(H,22,25). The third-order valence-electron chi connectivity index (χ3n) is 5.47. The van der Waals surface area contributed by atoms with E-state index in [-0.39, 0.29) is 5.91 Å². The van der Waals surface area contributed by atoms with Crippen LogP contribution < -0.4 is 5.32 Å². The zero-order valence-corrected chi connectivity index (χ0v) is 16.2. The Labute approximate surface area is 157 Å². The predicted octanol–water partition coefficient (Wildman–Crippen LogP) is 2.94. The van der Waals surface area contributed by atoms with E-state index in [1.807, 2.05) is 12.1 Å². The van der Waals surface area contributed by atoms with Gasteiger partial charge in [-0.1, -0.05) is 26.0 Å². The first-order valence-electron chi connectivity index (χ1n) is 10.1. The second kappa shape index (κ2) is 9.49. The molecule has 1 aromatic rings. The Kier molecular flexibility index (Phi) is 7.06. The number of rotatable bonds is 7. The molecule has 2 aliphatic rings. The van der Waals surface area contributed by atoms with Crippen LogP contribution in [0.15, 0.2) is 24.3 Å². The summed E-state index contributed by atoms with van der Waals surface area (Å²) in [5, 5.41) is 3.01. The summed E-state index contributed by atoms with van der Waals surface area (Å²) in [5.74, 6) is 0.614. The topological polar surface area (TPSA) is 44.8 Å². The highest BCUT2D eigenvalue weighted by Gasteiger charge is 2.22. The Balaban J connectivity index is 1.33. The molecule has 3 rings (SSSR count). The van der Waals surface area contributed by atoms with Crippen molar-refractivity contribution in [3.63, 3.8) is 0 Å². The maximum absolute atomic E-state index is 12.2. The van der Waals surface area contributed by atoms with Crippen molar-refractivity contribution in [2.75, 3.05) is 51.2 Å². The molecule has 5 heteroatoms. The molecular formula is C21H33N3O2. The normalized spacial score (nSPS) is 22.0. The first-order valence-corrected chi connectivity index (χ1v) is 10.1. The number of nitrogens with zero attached hydrogens (tertiary/aromatic N) is 2. The number of piperazine rings is 1. The van der Waals surface area contributed by atoms with Gasteiger partial charge in [-0.25, -0.2) is 0 Å². The molecule has 1 atom stereocenters. The maximum atomic E-state index is 12.2. The zero-order valence-electron chi connectivity index (χ0n) is 16.2. The second-order valence-electron chi connectivity index (χ2n) is 7.85. The molecule has 1 amide bonds. The van der Waals surface area contributed by atoms with Crippen molar-refractivity contribution in [3.05, 3.63) is 29.8 Å². The van der Waals surface area contributed by atoms with Crippen molar-refractivity contribution in [2.24, 2.45) is 0 Å². The van der Waals surface area contributed by atoms with Gasteiger partial charge in [-0.3, -0.25) is 9.69 Å².